The summed E-state index contributed by atoms with van der Waals surface area (Å²) in [5, 5.41) is 12.8. The first-order valence-corrected chi connectivity index (χ1v) is 10.2. The number of benzene rings is 2. The van der Waals surface area contributed by atoms with Crippen LogP contribution in [0.4, 0.5) is 5.69 Å². The molecule has 2 aromatic rings. The molecule has 1 amide bonds. The molecular weight excluding hydrogens is 390 g/mol. The lowest BCUT2D eigenvalue weighted by molar-refractivity contribution is -0.165. The number of rotatable bonds is 8. The number of allylic oxidation sites excluding steroid dienone is 1. The Morgan fingerprint density at radius 2 is 1.90 bits per heavy atom. The van der Waals surface area contributed by atoms with Gasteiger partial charge < -0.3 is 19.9 Å². The van der Waals surface area contributed by atoms with Gasteiger partial charge in [0, 0.05) is 35.8 Å². The Morgan fingerprint density at radius 1 is 1.17 bits per heavy atom. The minimum absolute atomic E-state index is 0.0310. The van der Waals surface area contributed by atoms with Crippen LogP contribution in [0.25, 0.3) is 0 Å². The molecule has 1 aliphatic heterocycles. The summed E-state index contributed by atoms with van der Waals surface area (Å²) in [4.78, 5) is 12.8. The minimum Gasteiger partial charge on any atom is -0.459 e. The van der Waals surface area contributed by atoms with Crippen LogP contribution in [0.3, 0.4) is 0 Å². The summed E-state index contributed by atoms with van der Waals surface area (Å²) < 4.78 is 11.8. The highest BCUT2D eigenvalue weighted by molar-refractivity contribution is 6.30. The molecule has 154 valence electrons. The van der Waals surface area contributed by atoms with Crippen LogP contribution in [0.1, 0.15) is 31.2 Å². The summed E-state index contributed by atoms with van der Waals surface area (Å²) in [5.41, 5.74) is 1.72. The maximum Gasteiger partial charge on any atom is 0.290 e. The SMILES string of the molecule is CCO[C@@H]1OC(C(=O)Nc2ccccc2)=C[C@H](c2ccc(Cl)cc2)[C@@H]1CCCO. The monoisotopic (exact) mass is 415 g/mol. The Bertz CT molecular complexity index is 823. The molecule has 1 aliphatic rings. The van der Waals surface area contributed by atoms with Crippen LogP contribution in [0.5, 0.6) is 0 Å². The first-order chi connectivity index (χ1) is 14.1. The minimum atomic E-state index is -0.575. The fraction of sp³-hybridized carbons (Fsp3) is 0.348. The Hall–Kier alpha value is -2.34. The maximum absolute atomic E-state index is 12.8. The van der Waals surface area contributed by atoms with Crippen molar-refractivity contribution in [3.05, 3.63) is 77.0 Å². The maximum atomic E-state index is 12.8. The number of halogens is 1. The highest BCUT2D eigenvalue weighted by Gasteiger charge is 2.37. The highest BCUT2D eigenvalue weighted by atomic mass is 35.5. The van der Waals surface area contributed by atoms with Crippen molar-refractivity contribution in [2.75, 3.05) is 18.5 Å². The molecule has 0 saturated carbocycles. The van der Waals surface area contributed by atoms with Crippen molar-refractivity contribution in [3.63, 3.8) is 0 Å². The molecule has 0 saturated heterocycles. The number of carbonyl (C=O) groups excluding carboxylic acids is 1. The molecule has 0 aromatic heterocycles. The van der Waals surface area contributed by atoms with Crippen molar-refractivity contribution in [3.8, 4) is 0 Å². The van der Waals surface area contributed by atoms with Crippen molar-refractivity contribution in [2.24, 2.45) is 5.92 Å². The van der Waals surface area contributed by atoms with Gasteiger partial charge in [-0.2, -0.15) is 0 Å². The van der Waals surface area contributed by atoms with Crippen LogP contribution in [0, 0.1) is 5.92 Å². The van der Waals surface area contributed by atoms with Gasteiger partial charge in [-0.3, -0.25) is 4.79 Å². The third-order valence-corrected chi connectivity index (χ3v) is 5.17. The van der Waals surface area contributed by atoms with Crippen LogP contribution in [-0.4, -0.2) is 30.5 Å². The Balaban J connectivity index is 1.92. The fourth-order valence-corrected chi connectivity index (χ4v) is 3.67. The second-order valence-electron chi connectivity index (χ2n) is 6.90. The standard InChI is InChI=1S/C23H26ClNO4/c1-2-28-23-19(9-6-14-26)20(16-10-12-17(24)13-11-16)15-21(29-23)22(27)25-18-7-4-3-5-8-18/h3-5,7-8,10-13,15,19-20,23,26H,2,6,9,14H2,1H3,(H,25,27)/t19-,20+,23+/m0/s1. The van der Waals surface area contributed by atoms with E-state index in [9.17, 15) is 9.90 Å². The highest BCUT2D eigenvalue weighted by Crippen LogP contribution is 2.39. The largest absolute Gasteiger partial charge is 0.459 e. The third kappa shape index (κ3) is 5.60. The topological polar surface area (TPSA) is 67.8 Å². The molecule has 29 heavy (non-hydrogen) atoms. The molecule has 3 rings (SSSR count). The summed E-state index contributed by atoms with van der Waals surface area (Å²) in [7, 11) is 0. The predicted octanol–water partition coefficient (Wildman–Crippen LogP) is 4.73. The number of anilines is 1. The predicted molar refractivity (Wildman–Crippen MR) is 114 cm³/mol. The zero-order valence-electron chi connectivity index (χ0n) is 16.4. The van der Waals surface area contributed by atoms with Crippen molar-refractivity contribution in [2.45, 2.75) is 32.0 Å². The molecular formula is C23H26ClNO4. The Kier molecular flexibility index (Phi) is 7.69. The molecule has 0 fully saturated rings. The Labute approximate surface area is 176 Å². The lowest BCUT2D eigenvalue weighted by Crippen LogP contribution is -2.37. The number of aliphatic hydroxyl groups excluding tert-OH is 1. The number of hydrogen-bond acceptors (Lipinski definition) is 4. The molecule has 0 bridgehead atoms. The average molecular weight is 416 g/mol. The second kappa shape index (κ2) is 10.4. The van der Waals surface area contributed by atoms with Crippen molar-refractivity contribution in [1.82, 2.24) is 0 Å². The van der Waals surface area contributed by atoms with Gasteiger partial charge in [0.15, 0.2) is 5.76 Å². The van der Waals surface area contributed by atoms with Gasteiger partial charge in [-0.1, -0.05) is 41.9 Å². The van der Waals surface area contributed by atoms with Gasteiger partial charge in [0.25, 0.3) is 5.91 Å². The number of para-hydroxylation sites is 1. The van der Waals surface area contributed by atoms with Gasteiger partial charge in [-0.15, -0.1) is 0 Å². The van der Waals surface area contributed by atoms with Crippen molar-refractivity contribution < 1.29 is 19.4 Å². The molecule has 0 spiro atoms. The molecule has 5 nitrogen and oxygen atoms in total. The molecule has 2 N–H and O–H groups in total. The summed E-state index contributed by atoms with van der Waals surface area (Å²) >= 11 is 6.06. The van der Waals surface area contributed by atoms with E-state index in [4.69, 9.17) is 21.1 Å². The summed E-state index contributed by atoms with van der Waals surface area (Å²) in [6.45, 7) is 2.45. The van der Waals surface area contributed by atoms with E-state index < -0.39 is 6.29 Å². The molecule has 3 atom stereocenters. The van der Waals surface area contributed by atoms with Gasteiger partial charge in [-0.05, 0) is 55.7 Å². The van der Waals surface area contributed by atoms with Gasteiger partial charge in [-0.25, -0.2) is 0 Å². The van der Waals surface area contributed by atoms with E-state index in [1.54, 1.807) is 0 Å². The first kappa shape index (κ1) is 21.4. The van der Waals surface area contributed by atoms with E-state index in [0.29, 0.717) is 30.2 Å². The van der Waals surface area contributed by atoms with Crippen LogP contribution < -0.4 is 5.32 Å². The smallest absolute Gasteiger partial charge is 0.290 e. The van der Waals surface area contributed by atoms with Crippen molar-refractivity contribution in [1.29, 1.82) is 0 Å². The molecule has 0 aliphatic carbocycles. The zero-order valence-corrected chi connectivity index (χ0v) is 17.1. The van der Waals surface area contributed by atoms with Crippen molar-refractivity contribution >= 4 is 23.2 Å². The van der Waals surface area contributed by atoms with E-state index in [-0.39, 0.29) is 30.1 Å². The average Bonchev–Trinajstić information content (AvgIpc) is 2.74. The van der Waals surface area contributed by atoms with E-state index in [0.717, 1.165) is 5.56 Å². The van der Waals surface area contributed by atoms with Gasteiger partial charge >= 0.3 is 0 Å². The number of hydrogen-bond donors (Lipinski definition) is 2. The first-order valence-electron chi connectivity index (χ1n) is 9.85. The Morgan fingerprint density at radius 3 is 2.55 bits per heavy atom. The quantitative estimate of drug-likeness (QED) is 0.654. The van der Waals surface area contributed by atoms with Crippen LogP contribution in [0.2, 0.25) is 5.02 Å². The molecule has 6 heteroatoms. The van der Waals surface area contributed by atoms with Crippen LogP contribution >= 0.6 is 11.6 Å². The van der Waals surface area contributed by atoms with E-state index in [1.807, 2.05) is 67.6 Å². The van der Waals surface area contributed by atoms with E-state index >= 15 is 0 Å². The summed E-state index contributed by atoms with van der Waals surface area (Å²) in [6.07, 6.45) is 2.60. The number of aliphatic hydroxyl groups is 1. The second-order valence-corrected chi connectivity index (χ2v) is 7.34. The van der Waals surface area contributed by atoms with E-state index in [1.165, 1.54) is 0 Å². The zero-order chi connectivity index (χ0) is 20.6. The summed E-state index contributed by atoms with van der Waals surface area (Å²) in [6, 6.07) is 16.8. The van der Waals surface area contributed by atoms with Gasteiger partial charge in [0.05, 0.1) is 0 Å². The number of ether oxygens (including phenoxy) is 2. The molecule has 0 radical (unpaired) electrons. The molecule has 1 heterocycles. The molecule has 0 unspecified atom stereocenters. The lowest BCUT2D eigenvalue weighted by Gasteiger charge is -2.37. The summed E-state index contributed by atoms with van der Waals surface area (Å²) in [5.74, 6) is -0.217. The normalized spacial score (nSPS) is 21.2. The van der Waals surface area contributed by atoms with Gasteiger partial charge in [0.2, 0.25) is 6.29 Å². The number of carbonyl (C=O) groups is 1. The number of nitrogens with one attached hydrogen (secondary N) is 1. The van der Waals surface area contributed by atoms with E-state index in [2.05, 4.69) is 5.32 Å². The number of amides is 1. The van der Waals surface area contributed by atoms with Crippen LogP contribution in [-0.2, 0) is 14.3 Å². The van der Waals surface area contributed by atoms with Crippen LogP contribution in [0.15, 0.2) is 66.4 Å². The molecule has 2 aromatic carbocycles. The fourth-order valence-electron chi connectivity index (χ4n) is 3.54. The van der Waals surface area contributed by atoms with Gasteiger partial charge in [0.1, 0.15) is 0 Å². The third-order valence-electron chi connectivity index (χ3n) is 4.92. The lowest BCUT2D eigenvalue weighted by atomic mass is 9.80.